The van der Waals surface area contributed by atoms with Crippen molar-refractivity contribution >= 4 is 0 Å². The molecule has 0 aliphatic rings. The Bertz CT molecular complexity index is 82.0. The Labute approximate surface area is 72.0 Å². The Kier molecular flexibility index (Phi) is 11.3. The molecule has 0 spiro atoms. The highest BCUT2D eigenvalue weighted by Gasteiger charge is 2.01. The summed E-state index contributed by atoms with van der Waals surface area (Å²) in [6.45, 7) is 16.5. The highest BCUT2D eigenvalue weighted by Crippen LogP contribution is 2.13. The van der Waals surface area contributed by atoms with Gasteiger partial charge in [0.25, 0.3) is 0 Å². The number of allylic oxidation sites excluding steroid dienone is 1. The molecule has 0 aromatic heterocycles. The average Bonchev–Trinajstić information content (AvgIpc) is 1.91. The van der Waals surface area contributed by atoms with Gasteiger partial charge in [0.05, 0.1) is 0 Å². The molecule has 1 unspecified atom stereocenters. The first-order valence-electron chi connectivity index (χ1n) is 4.27. The molecule has 0 rings (SSSR count). The molecule has 1 atom stereocenters. The van der Waals surface area contributed by atoms with Crippen molar-refractivity contribution in [3.63, 3.8) is 0 Å². The van der Waals surface area contributed by atoms with E-state index in [0.29, 0.717) is 0 Å². The highest BCUT2D eigenvalue weighted by atomic mass is 14.1. The number of hydrogen-bond donors (Lipinski definition) is 0. The fourth-order valence-corrected chi connectivity index (χ4v) is 1.19. The van der Waals surface area contributed by atoms with Crippen LogP contribution in [0.3, 0.4) is 0 Å². The molecule has 0 saturated carbocycles. The molecule has 0 saturated heterocycles. The summed E-state index contributed by atoms with van der Waals surface area (Å²) in [5, 5.41) is 0. The number of hydrogen-bond acceptors (Lipinski definition) is 0. The zero-order chi connectivity index (χ0) is 9.28. The van der Waals surface area contributed by atoms with Crippen LogP contribution in [0.2, 0.25) is 0 Å². The van der Waals surface area contributed by atoms with E-state index in [1.54, 1.807) is 0 Å². The van der Waals surface area contributed by atoms with Crippen LogP contribution < -0.4 is 0 Å². The van der Waals surface area contributed by atoms with E-state index >= 15 is 0 Å². The van der Waals surface area contributed by atoms with Gasteiger partial charge < -0.3 is 0 Å². The lowest BCUT2D eigenvalue weighted by atomic mass is 9.96. The molecule has 0 amide bonds. The third-order valence-electron chi connectivity index (χ3n) is 1.44. The first-order valence-corrected chi connectivity index (χ1v) is 4.27. The minimum atomic E-state index is 0.822. The maximum atomic E-state index is 3.71. The lowest BCUT2D eigenvalue weighted by molar-refractivity contribution is 0.443. The molecule has 0 N–H and O–H groups in total. The van der Waals surface area contributed by atoms with E-state index in [1.165, 1.54) is 6.42 Å². The predicted molar refractivity (Wildman–Crippen MR) is 54.7 cm³/mol. The summed E-state index contributed by atoms with van der Waals surface area (Å²) < 4.78 is 0. The molecule has 0 nitrogen and oxygen atoms in total. The summed E-state index contributed by atoms with van der Waals surface area (Å²) in [7, 11) is 0. The van der Waals surface area contributed by atoms with Crippen LogP contribution in [0.5, 0.6) is 0 Å². The minimum absolute atomic E-state index is 0.822. The van der Waals surface area contributed by atoms with Gasteiger partial charge in [-0.1, -0.05) is 26.8 Å². The molecule has 0 aromatic carbocycles. The smallest absolute Gasteiger partial charge is 0.0327 e. The van der Waals surface area contributed by atoms with Crippen LogP contribution in [0.1, 0.15) is 33.6 Å². The van der Waals surface area contributed by atoms with Gasteiger partial charge in [-0.3, -0.25) is 0 Å². The SMILES string of the molecule is C=C.C=CCC(C)CC(C)C. The van der Waals surface area contributed by atoms with Crippen molar-refractivity contribution in [1.29, 1.82) is 0 Å². The maximum Gasteiger partial charge on any atom is -0.0327 e. The molecule has 0 aliphatic carbocycles. The van der Waals surface area contributed by atoms with Crippen molar-refractivity contribution in [3.05, 3.63) is 25.8 Å². The monoisotopic (exact) mass is 154 g/mol. The maximum absolute atomic E-state index is 3.71. The van der Waals surface area contributed by atoms with Gasteiger partial charge in [0.2, 0.25) is 0 Å². The summed E-state index contributed by atoms with van der Waals surface area (Å²) in [5.74, 6) is 1.66. The molecular formula is C11H22. The number of rotatable bonds is 4. The van der Waals surface area contributed by atoms with E-state index in [9.17, 15) is 0 Å². The van der Waals surface area contributed by atoms with Crippen molar-refractivity contribution < 1.29 is 0 Å². The lowest BCUT2D eigenvalue weighted by Gasteiger charge is -2.10. The standard InChI is InChI=1S/C9H18.C2H4/c1-5-6-9(4)7-8(2)3;1-2/h5,8-9H,1,6-7H2,2-4H3;1-2H2. The zero-order valence-corrected chi connectivity index (χ0v) is 8.27. The van der Waals surface area contributed by atoms with Crippen molar-refractivity contribution in [2.75, 3.05) is 0 Å². The molecule has 0 fully saturated rings. The van der Waals surface area contributed by atoms with E-state index in [2.05, 4.69) is 40.5 Å². The van der Waals surface area contributed by atoms with Crippen LogP contribution in [0.15, 0.2) is 25.8 Å². The predicted octanol–water partition coefficient (Wildman–Crippen LogP) is 4.05. The Morgan fingerprint density at radius 3 is 1.91 bits per heavy atom. The molecule has 0 aliphatic heterocycles. The van der Waals surface area contributed by atoms with E-state index in [1.807, 2.05) is 6.08 Å². The van der Waals surface area contributed by atoms with Gasteiger partial charge in [-0.2, -0.15) is 0 Å². The summed E-state index contributed by atoms with van der Waals surface area (Å²) >= 11 is 0. The first-order chi connectivity index (χ1) is 5.16. The average molecular weight is 154 g/mol. The van der Waals surface area contributed by atoms with E-state index in [4.69, 9.17) is 0 Å². The zero-order valence-electron chi connectivity index (χ0n) is 8.27. The third-order valence-corrected chi connectivity index (χ3v) is 1.44. The van der Waals surface area contributed by atoms with Gasteiger partial charge in [-0.25, -0.2) is 0 Å². The normalized spacial score (nSPS) is 11.6. The summed E-state index contributed by atoms with van der Waals surface area (Å²) in [4.78, 5) is 0. The third kappa shape index (κ3) is 12.6. The molecule has 0 bridgehead atoms. The van der Waals surface area contributed by atoms with E-state index in [-0.39, 0.29) is 0 Å². The first kappa shape index (κ1) is 13.1. The molecule has 0 aromatic rings. The second-order valence-corrected chi connectivity index (χ2v) is 3.26. The van der Waals surface area contributed by atoms with E-state index in [0.717, 1.165) is 18.3 Å². The lowest BCUT2D eigenvalue weighted by Crippen LogP contribution is -1.97. The van der Waals surface area contributed by atoms with Gasteiger partial charge in [-0.15, -0.1) is 19.7 Å². The van der Waals surface area contributed by atoms with Crippen molar-refractivity contribution in [2.24, 2.45) is 11.8 Å². The van der Waals surface area contributed by atoms with Crippen LogP contribution in [-0.4, -0.2) is 0 Å². The van der Waals surface area contributed by atoms with Crippen LogP contribution >= 0.6 is 0 Å². The van der Waals surface area contributed by atoms with Gasteiger partial charge >= 0.3 is 0 Å². The molecule has 11 heavy (non-hydrogen) atoms. The second kappa shape index (κ2) is 9.48. The second-order valence-electron chi connectivity index (χ2n) is 3.26. The molecule has 66 valence electrons. The molecule has 0 radical (unpaired) electrons. The molecule has 0 heteroatoms. The van der Waals surface area contributed by atoms with Crippen LogP contribution in [0.25, 0.3) is 0 Å². The Morgan fingerprint density at radius 2 is 1.64 bits per heavy atom. The van der Waals surface area contributed by atoms with Gasteiger partial charge in [0, 0.05) is 0 Å². The van der Waals surface area contributed by atoms with Gasteiger partial charge in [0.1, 0.15) is 0 Å². The Morgan fingerprint density at radius 1 is 1.18 bits per heavy atom. The van der Waals surface area contributed by atoms with Crippen molar-refractivity contribution in [1.82, 2.24) is 0 Å². The van der Waals surface area contributed by atoms with Crippen LogP contribution in [-0.2, 0) is 0 Å². The summed E-state index contributed by atoms with van der Waals surface area (Å²) in [5.41, 5.74) is 0. The summed E-state index contributed by atoms with van der Waals surface area (Å²) in [6, 6.07) is 0. The van der Waals surface area contributed by atoms with Gasteiger partial charge in [-0.05, 0) is 24.7 Å². The molecule has 0 heterocycles. The Hall–Kier alpha value is -0.520. The van der Waals surface area contributed by atoms with E-state index < -0.39 is 0 Å². The topological polar surface area (TPSA) is 0 Å². The molecular weight excluding hydrogens is 132 g/mol. The fourth-order valence-electron chi connectivity index (χ4n) is 1.19. The van der Waals surface area contributed by atoms with Crippen molar-refractivity contribution in [2.45, 2.75) is 33.6 Å². The van der Waals surface area contributed by atoms with Crippen molar-refractivity contribution in [3.8, 4) is 0 Å². The minimum Gasteiger partial charge on any atom is -0.106 e. The van der Waals surface area contributed by atoms with Crippen LogP contribution in [0.4, 0.5) is 0 Å². The highest BCUT2D eigenvalue weighted by molar-refractivity contribution is 4.70. The quantitative estimate of drug-likeness (QED) is 0.536. The van der Waals surface area contributed by atoms with Crippen LogP contribution in [0, 0.1) is 11.8 Å². The summed E-state index contributed by atoms with van der Waals surface area (Å²) in [6.07, 6.45) is 4.50. The van der Waals surface area contributed by atoms with Gasteiger partial charge in [0.15, 0.2) is 0 Å². The fraction of sp³-hybridized carbons (Fsp3) is 0.636. The Balaban J connectivity index is 0. The largest absolute Gasteiger partial charge is 0.106 e.